The van der Waals surface area contributed by atoms with E-state index in [0.717, 1.165) is 0 Å². The number of ether oxygens (including phenoxy) is 2. The molecule has 0 fully saturated rings. The number of esters is 1. The maximum absolute atomic E-state index is 12.4. The van der Waals surface area contributed by atoms with Gasteiger partial charge in [-0.15, -0.1) is 0 Å². The molecule has 1 aromatic rings. The highest BCUT2D eigenvalue weighted by Crippen LogP contribution is 2.16. The van der Waals surface area contributed by atoms with Crippen LogP contribution in [-0.2, 0) is 14.3 Å². The molecule has 0 aromatic carbocycles. The van der Waals surface area contributed by atoms with Crippen molar-refractivity contribution in [2.24, 2.45) is 0 Å². The van der Waals surface area contributed by atoms with Gasteiger partial charge >= 0.3 is 5.97 Å². The third-order valence-corrected chi connectivity index (χ3v) is 2.87. The van der Waals surface area contributed by atoms with Crippen molar-refractivity contribution >= 4 is 35.1 Å². The lowest BCUT2D eigenvalue weighted by molar-refractivity contribution is -0.143. The molecule has 1 rings (SSSR count). The molecule has 21 heavy (non-hydrogen) atoms. The van der Waals surface area contributed by atoms with E-state index in [-0.39, 0.29) is 42.2 Å². The van der Waals surface area contributed by atoms with E-state index in [1.54, 1.807) is 6.92 Å². The van der Waals surface area contributed by atoms with Crippen LogP contribution in [0.25, 0.3) is 0 Å². The number of rotatable bonds is 7. The van der Waals surface area contributed by atoms with Gasteiger partial charge in [-0.25, -0.2) is 4.98 Å². The molecule has 6 nitrogen and oxygen atoms in total. The summed E-state index contributed by atoms with van der Waals surface area (Å²) in [5.74, 6) is -0.889. The normalized spacial score (nSPS) is 10.3. The number of aromatic nitrogens is 1. The van der Waals surface area contributed by atoms with Crippen LogP contribution in [0.2, 0.25) is 10.3 Å². The number of pyridine rings is 1. The van der Waals surface area contributed by atoms with Crippen LogP contribution >= 0.6 is 23.2 Å². The highest BCUT2D eigenvalue weighted by atomic mass is 35.5. The number of hydrogen-bond acceptors (Lipinski definition) is 5. The van der Waals surface area contributed by atoms with Gasteiger partial charge in [0.05, 0.1) is 13.2 Å². The van der Waals surface area contributed by atoms with E-state index in [0.29, 0.717) is 0 Å². The fourth-order valence-electron chi connectivity index (χ4n) is 1.59. The zero-order valence-corrected chi connectivity index (χ0v) is 13.3. The standard InChI is InChI=1S/C13H16Cl2N2O4/c1-3-21-12(18)8-17(4-5-20-2)13(19)9-6-10(14)16-11(15)7-9/h6-7H,3-5,8H2,1-2H3. The third-order valence-electron chi connectivity index (χ3n) is 2.49. The number of methoxy groups -OCH3 is 1. The molecular weight excluding hydrogens is 319 g/mol. The van der Waals surface area contributed by atoms with Gasteiger partial charge in [0.1, 0.15) is 16.9 Å². The van der Waals surface area contributed by atoms with Crippen molar-refractivity contribution in [3.63, 3.8) is 0 Å². The number of amides is 1. The molecule has 0 spiro atoms. The van der Waals surface area contributed by atoms with Gasteiger partial charge in [0, 0.05) is 19.2 Å². The fourth-order valence-corrected chi connectivity index (χ4v) is 2.05. The van der Waals surface area contributed by atoms with Crippen LogP contribution < -0.4 is 0 Å². The third kappa shape index (κ3) is 5.87. The molecular formula is C13H16Cl2N2O4. The molecule has 1 amide bonds. The van der Waals surface area contributed by atoms with Crippen LogP contribution in [0.1, 0.15) is 17.3 Å². The first-order chi connectivity index (χ1) is 9.97. The number of nitrogens with zero attached hydrogens (tertiary/aromatic N) is 2. The summed E-state index contributed by atoms with van der Waals surface area (Å²) in [6.07, 6.45) is 0. The maximum atomic E-state index is 12.4. The number of carbonyl (C=O) groups excluding carboxylic acids is 2. The molecule has 8 heteroatoms. The van der Waals surface area contributed by atoms with E-state index in [9.17, 15) is 9.59 Å². The summed E-state index contributed by atoms with van der Waals surface area (Å²) in [7, 11) is 1.51. The Kier molecular flexibility index (Phi) is 7.42. The lowest BCUT2D eigenvalue weighted by Crippen LogP contribution is -2.38. The molecule has 0 aliphatic carbocycles. The highest BCUT2D eigenvalue weighted by molar-refractivity contribution is 6.33. The summed E-state index contributed by atoms with van der Waals surface area (Å²) >= 11 is 11.6. The molecule has 0 radical (unpaired) electrons. The van der Waals surface area contributed by atoms with Crippen LogP contribution in [0.5, 0.6) is 0 Å². The molecule has 0 saturated heterocycles. The number of hydrogen-bond donors (Lipinski definition) is 0. The van der Waals surface area contributed by atoms with E-state index in [2.05, 4.69) is 4.98 Å². The van der Waals surface area contributed by atoms with Gasteiger partial charge in [-0.1, -0.05) is 23.2 Å². The topological polar surface area (TPSA) is 68.7 Å². The van der Waals surface area contributed by atoms with Gasteiger partial charge in [-0.3, -0.25) is 9.59 Å². The lowest BCUT2D eigenvalue weighted by atomic mass is 10.2. The van der Waals surface area contributed by atoms with Gasteiger partial charge in [-0.2, -0.15) is 0 Å². The SMILES string of the molecule is CCOC(=O)CN(CCOC)C(=O)c1cc(Cl)nc(Cl)c1. The molecule has 1 aromatic heterocycles. The Morgan fingerprint density at radius 2 is 1.90 bits per heavy atom. The minimum Gasteiger partial charge on any atom is -0.465 e. The van der Waals surface area contributed by atoms with Crippen LogP contribution in [0.3, 0.4) is 0 Å². The Hall–Kier alpha value is -1.37. The summed E-state index contributed by atoms with van der Waals surface area (Å²) in [6.45, 7) is 2.30. The van der Waals surface area contributed by atoms with Crippen molar-refractivity contribution in [3.05, 3.63) is 28.0 Å². The van der Waals surface area contributed by atoms with Crippen LogP contribution in [0, 0.1) is 0 Å². The zero-order chi connectivity index (χ0) is 15.8. The van der Waals surface area contributed by atoms with E-state index in [1.165, 1.54) is 24.1 Å². The maximum Gasteiger partial charge on any atom is 0.325 e. The van der Waals surface area contributed by atoms with Gasteiger partial charge < -0.3 is 14.4 Å². The van der Waals surface area contributed by atoms with E-state index in [4.69, 9.17) is 32.7 Å². The number of carbonyl (C=O) groups is 2. The van der Waals surface area contributed by atoms with E-state index < -0.39 is 11.9 Å². The first-order valence-electron chi connectivity index (χ1n) is 6.24. The van der Waals surface area contributed by atoms with Crippen LogP contribution in [0.15, 0.2) is 12.1 Å². The summed E-state index contributed by atoms with van der Waals surface area (Å²) in [5.41, 5.74) is 0.250. The quantitative estimate of drug-likeness (QED) is 0.563. The first-order valence-corrected chi connectivity index (χ1v) is 7.00. The molecule has 0 bridgehead atoms. The highest BCUT2D eigenvalue weighted by Gasteiger charge is 2.20. The molecule has 0 aliphatic rings. The summed E-state index contributed by atoms with van der Waals surface area (Å²) in [4.78, 5) is 29.1. The Morgan fingerprint density at radius 1 is 1.29 bits per heavy atom. The van der Waals surface area contributed by atoms with Crippen molar-refractivity contribution in [3.8, 4) is 0 Å². The van der Waals surface area contributed by atoms with Crippen molar-refractivity contribution < 1.29 is 19.1 Å². The molecule has 0 unspecified atom stereocenters. The van der Waals surface area contributed by atoms with Gasteiger partial charge in [-0.05, 0) is 19.1 Å². The van der Waals surface area contributed by atoms with Crippen molar-refractivity contribution in [1.29, 1.82) is 0 Å². The van der Waals surface area contributed by atoms with Crippen molar-refractivity contribution in [2.45, 2.75) is 6.92 Å². The average Bonchev–Trinajstić information content (AvgIpc) is 2.41. The monoisotopic (exact) mass is 334 g/mol. The van der Waals surface area contributed by atoms with E-state index >= 15 is 0 Å². The van der Waals surface area contributed by atoms with E-state index in [1.807, 2.05) is 0 Å². The van der Waals surface area contributed by atoms with Crippen LogP contribution in [0.4, 0.5) is 0 Å². The minimum absolute atomic E-state index is 0.105. The second-order valence-electron chi connectivity index (χ2n) is 4.03. The van der Waals surface area contributed by atoms with Gasteiger partial charge in [0.15, 0.2) is 0 Å². The van der Waals surface area contributed by atoms with Crippen LogP contribution in [-0.4, -0.2) is 55.2 Å². The largest absolute Gasteiger partial charge is 0.465 e. The first kappa shape index (κ1) is 17.7. The molecule has 116 valence electrons. The molecule has 0 N–H and O–H groups in total. The van der Waals surface area contributed by atoms with Gasteiger partial charge in [0.25, 0.3) is 5.91 Å². The minimum atomic E-state index is -0.492. The zero-order valence-electron chi connectivity index (χ0n) is 11.8. The Labute approximate surface area is 132 Å². The molecule has 1 heterocycles. The van der Waals surface area contributed by atoms with Crippen molar-refractivity contribution in [1.82, 2.24) is 9.88 Å². The Balaban J connectivity index is 2.90. The number of halogens is 2. The Morgan fingerprint density at radius 3 is 2.43 bits per heavy atom. The predicted molar refractivity (Wildman–Crippen MR) is 78.7 cm³/mol. The van der Waals surface area contributed by atoms with Crippen molar-refractivity contribution in [2.75, 3.05) is 33.4 Å². The molecule has 0 saturated carbocycles. The predicted octanol–water partition coefficient (Wildman–Crippen LogP) is 2.04. The molecule has 0 atom stereocenters. The Bertz CT molecular complexity index is 491. The fraction of sp³-hybridized carbons (Fsp3) is 0.462. The lowest BCUT2D eigenvalue weighted by Gasteiger charge is -2.21. The summed E-state index contributed by atoms with van der Waals surface area (Å²) in [6, 6.07) is 2.78. The second-order valence-corrected chi connectivity index (χ2v) is 4.80. The smallest absolute Gasteiger partial charge is 0.325 e. The summed E-state index contributed by atoms with van der Waals surface area (Å²) < 4.78 is 9.78. The molecule has 0 aliphatic heterocycles. The average molecular weight is 335 g/mol. The summed E-state index contributed by atoms with van der Waals surface area (Å²) in [5, 5.41) is 0.211. The second kappa shape index (κ2) is 8.81. The van der Waals surface area contributed by atoms with Gasteiger partial charge in [0.2, 0.25) is 0 Å².